The van der Waals surface area contributed by atoms with E-state index in [1.54, 1.807) is 18.2 Å². The Balaban J connectivity index is 1.44. The minimum Gasteiger partial charge on any atom is -0.493 e. The molecule has 2 aliphatic rings. The zero-order valence-electron chi connectivity index (χ0n) is 21.0. The van der Waals surface area contributed by atoms with Crippen LogP contribution in [0.1, 0.15) is 63.9 Å². The van der Waals surface area contributed by atoms with Gasteiger partial charge in [-0.1, -0.05) is 13.0 Å². The Hall–Kier alpha value is -3.72. The van der Waals surface area contributed by atoms with Crippen molar-refractivity contribution >= 4 is 28.1 Å². The number of alkyl halides is 3. The van der Waals surface area contributed by atoms with Crippen LogP contribution in [-0.4, -0.2) is 36.1 Å². The maximum Gasteiger partial charge on any atom is 0.410 e. The van der Waals surface area contributed by atoms with Crippen LogP contribution in [0.15, 0.2) is 24.3 Å². The summed E-state index contributed by atoms with van der Waals surface area (Å²) in [6.45, 7) is 2.14. The molecule has 0 saturated carbocycles. The first-order valence-electron chi connectivity index (χ1n) is 12.1. The molecule has 0 bridgehead atoms. The van der Waals surface area contributed by atoms with Gasteiger partial charge in [0.15, 0.2) is 23.2 Å². The molecule has 3 aromatic rings. The quantitative estimate of drug-likeness (QED) is 0.416. The van der Waals surface area contributed by atoms with Gasteiger partial charge in [-0.25, -0.2) is 4.68 Å². The van der Waals surface area contributed by atoms with E-state index in [0.29, 0.717) is 33.5 Å². The maximum absolute atomic E-state index is 14.1. The molecule has 1 aromatic carbocycles. The van der Waals surface area contributed by atoms with Crippen molar-refractivity contribution in [3.63, 3.8) is 0 Å². The average molecular weight is 546 g/mol. The molecule has 1 aliphatic carbocycles. The second-order valence-corrected chi connectivity index (χ2v) is 10.7. The van der Waals surface area contributed by atoms with Gasteiger partial charge in [0.1, 0.15) is 16.9 Å². The van der Waals surface area contributed by atoms with E-state index in [1.165, 1.54) is 31.6 Å². The number of amides is 1. The summed E-state index contributed by atoms with van der Waals surface area (Å²) < 4.78 is 53.7. The molecule has 2 N–H and O–H groups in total. The van der Waals surface area contributed by atoms with E-state index < -0.39 is 24.2 Å². The van der Waals surface area contributed by atoms with E-state index >= 15 is 0 Å². The molecule has 200 valence electrons. The summed E-state index contributed by atoms with van der Waals surface area (Å²) in [5.74, 6) is 0.754. The van der Waals surface area contributed by atoms with Crippen LogP contribution in [0.3, 0.4) is 0 Å². The summed E-state index contributed by atoms with van der Waals surface area (Å²) in [6, 6.07) is 5.78. The summed E-state index contributed by atoms with van der Waals surface area (Å²) in [7, 11) is 2.93. The lowest BCUT2D eigenvalue weighted by Crippen LogP contribution is -2.35. The van der Waals surface area contributed by atoms with Crippen LogP contribution in [0.5, 0.6) is 11.5 Å². The van der Waals surface area contributed by atoms with Gasteiger partial charge in [0.2, 0.25) is 0 Å². The molecule has 5 rings (SSSR count). The van der Waals surface area contributed by atoms with Crippen molar-refractivity contribution in [2.75, 3.05) is 24.9 Å². The Morgan fingerprint density at radius 2 is 2.03 bits per heavy atom. The van der Waals surface area contributed by atoms with E-state index in [4.69, 9.17) is 9.47 Å². The van der Waals surface area contributed by atoms with Crippen molar-refractivity contribution in [1.29, 1.82) is 5.26 Å². The van der Waals surface area contributed by atoms with Crippen molar-refractivity contribution in [1.82, 2.24) is 9.78 Å². The van der Waals surface area contributed by atoms with Crippen LogP contribution < -0.4 is 20.1 Å². The van der Waals surface area contributed by atoms with Crippen molar-refractivity contribution in [2.45, 2.75) is 50.9 Å². The summed E-state index contributed by atoms with van der Waals surface area (Å²) >= 11 is 1.35. The number of methoxy groups -OCH3 is 2. The third kappa shape index (κ3) is 4.67. The molecule has 1 aliphatic heterocycles. The molecule has 3 atom stereocenters. The first-order valence-corrected chi connectivity index (χ1v) is 12.9. The van der Waals surface area contributed by atoms with E-state index in [1.807, 2.05) is 0 Å². The fourth-order valence-electron chi connectivity index (χ4n) is 5.10. The van der Waals surface area contributed by atoms with Gasteiger partial charge in [0.05, 0.1) is 25.8 Å². The van der Waals surface area contributed by atoms with Gasteiger partial charge in [0, 0.05) is 17.4 Å². The summed E-state index contributed by atoms with van der Waals surface area (Å²) in [5.41, 5.74) is 1.78. The van der Waals surface area contributed by atoms with Gasteiger partial charge in [-0.2, -0.15) is 23.5 Å². The number of fused-ring (bicyclic) bond motifs is 2. The van der Waals surface area contributed by atoms with Gasteiger partial charge in [-0.3, -0.25) is 4.79 Å². The topological polar surface area (TPSA) is 101 Å². The summed E-state index contributed by atoms with van der Waals surface area (Å²) in [4.78, 5) is 14.2. The normalized spacial score (nSPS) is 20.5. The van der Waals surface area contributed by atoms with Crippen molar-refractivity contribution in [3.05, 3.63) is 51.5 Å². The van der Waals surface area contributed by atoms with Crippen molar-refractivity contribution in [2.24, 2.45) is 5.92 Å². The number of halogens is 3. The molecule has 0 spiro atoms. The predicted octanol–water partition coefficient (Wildman–Crippen LogP) is 5.87. The lowest BCUT2D eigenvalue weighted by molar-refractivity contribution is -0.173. The lowest BCUT2D eigenvalue weighted by Gasteiger charge is -2.33. The number of carbonyl (C=O) groups excluding carboxylic acids is 1. The molecule has 38 heavy (non-hydrogen) atoms. The van der Waals surface area contributed by atoms with Crippen LogP contribution in [0.25, 0.3) is 0 Å². The van der Waals surface area contributed by atoms with E-state index in [2.05, 4.69) is 28.7 Å². The first kappa shape index (κ1) is 25.9. The maximum atomic E-state index is 14.1. The second-order valence-electron chi connectivity index (χ2n) is 9.59. The van der Waals surface area contributed by atoms with Crippen LogP contribution in [0.2, 0.25) is 0 Å². The molecule has 8 nitrogen and oxygen atoms in total. The fourth-order valence-corrected chi connectivity index (χ4v) is 6.45. The van der Waals surface area contributed by atoms with Gasteiger partial charge in [-0.15, -0.1) is 11.3 Å². The zero-order chi connectivity index (χ0) is 27.2. The highest BCUT2D eigenvalue weighted by molar-refractivity contribution is 7.16. The fraction of sp³-hybridized carbons (Fsp3) is 0.423. The summed E-state index contributed by atoms with van der Waals surface area (Å²) in [5, 5.41) is 20.0. The number of hydrogen-bond acceptors (Lipinski definition) is 7. The Kier molecular flexibility index (Phi) is 6.73. The standard InChI is InChI=1S/C26H26F3N5O3S/c1-13-4-6-15-16(12-30)25(38-21(15)8-13)32-24(35)18-11-23-31-17(10-22(26(27,28)29)34(23)33-18)14-5-7-19(36-2)20(9-14)37-3/h5,7,9,11,13,17,22,31H,4,6,8,10H2,1-3H3,(H,32,35)/t13-,17-,22-/m1/s1. The molecule has 0 unspecified atom stereocenters. The third-order valence-corrected chi connectivity index (χ3v) is 8.25. The molecule has 0 fully saturated rings. The highest BCUT2D eigenvalue weighted by atomic mass is 32.1. The number of nitriles is 1. The smallest absolute Gasteiger partial charge is 0.410 e. The monoisotopic (exact) mass is 545 g/mol. The number of carbonyl (C=O) groups is 1. The van der Waals surface area contributed by atoms with Gasteiger partial charge < -0.3 is 20.1 Å². The van der Waals surface area contributed by atoms with Gasteiger partial charge >= 0.3 is 6.18 Å². The number of anilines is 2. The van der Waals surface area contributed by atoms with Crippen LogP contribution >= 0.6 is 11.3 Å². The summed E-state index contributed by atoms with van der Waals surface area (Å²) in [6.07, 6.45) is -2.37. The molecule has 1 amide bonds. The van der Waals surface area contributed by atoms with E-state index in [0.717, 1.165) is 34.4 Å². The molecule has 3 heterocycles. The molecule has 12 heteroatoms. The Morgan fingerprint density at radius 3 is 2.71 bits per heavy atom. The lowest BCUT2D eigenvalue weighted by atomic mass is 9.89. The number of rotatable bonds is 5. The molecular weight excluding hydrogens is 519 g/mol. The Morgan fingerprint density at radius 1 is 1.26 bits per heavy atom. The first-order chi connectivity index (χ1) is 18.1. The molecule has 2 aromatic heterocycles. The van der Waals surface area contributed by atoms with Crippen LogP contribution in [0, 0.1) is 17.2 Å². The number of hydrogen-bond donors (Lipinski definition) is 2. The van der Waals surface area contributed by atoms with Crippen LogP contribution in [0.4, 0.5) is 24.0 Å². The van der Waals surface area contributed by atoms with E-state index in [-0.39, 0.29) is 17.9 Å². The minimum atomic E-state index is -4.59. The predicted molar refractivity (Wildman–Crippen MR) is 136 cm³/mol. The van der Waals surface area contributed by atoms with Crippen molar-refractivity contribution < 1.29 is 27.4 Å². The van der Waals surface area contributed by atoms with E-state index in [9.17, 15) is 23.2 Å². The SMILES string of the molecule is COc1ccc([C@H]2C[C@H](C(F)(F)F)n3nc(C(=O)Nc4sc5c(c4C#N)CC[C@@H](C)C5)cc3N2)cc1OC. The number of ether oxygens (including phenoxy) is 2. The largest absolute Gasteiger partial charge is 0.493 e. The zero-order valence-corrected chi connectivity index (χ0v) is 21.8. The molecule has 0 radical (unpaired) electrons. The minimum absolute atomic E-state index is 0.0725. The average Bonchev–Trinajstić information content (AvgIpc) is 3.47. The number of aromatic nitrogens is 2. The third-order valence-electron chi connectivity index (χ3n) is 7.08. The number of thiophene rings is 1. The number of benzene rings is 1. The second kappa shape index (κ2) is 9.87. The Bertz CT molecular complexity index is 1420. The van der Waals surface area contributed by atoms with Crippen LogP contribution in [-0.2, 0) is 12.8 Å². The highest BCUT2D eigenvalue weighted by Crippen LogP contribution is 2.45. The number of nitrogens with one attached hydrogen (secondary N) is 2. The molecular formula is C26H26F3N5O3S. The highest BCUT2D eigenvalue weighted by Gasteiger charge is 2.47. The Labute approximate surface area is 221 Å². The van der Waals surface area contributed by atoms with Crippen molar-refractivity contribution in [3.8, 4) is 17.6 Å². The van der Waals surface area contributed by atoms with Gasteiger partial charge in [0.25, 0.3) is 5.91 Å². The molecule has 0 saturated heterocycles. The number of nitrogens with zero attached hydrogens (tertiary/aromatic N) is 3. The van der Waals surface area contributed by atoms with Gasteiger partial charge in [-0.05, 0) is 48.4 Å².